The van der Waals surface area contributed by atoms with Crippen molar-refractivity contribution in [2.24, 2.45) is 0 Å². The van der Waals surface area contributed by atoms with Gasteiger partial charge in [0.25, 0.3) is 0 Å². The molecule has 2 aromatic rings. The zero-order chi connectivity index (χ0) is 13.1. The minimum atomic E-state index is -0.981. The Labute approximate surface area is 105 Å². The third kappa shape index (κ3) is 2.37. The predicted molar refractivity (Wildman–Crippen MR) is 68.4 cm³/mol. The zero-order valence-corrected chi connectivity index (χ0v) is 10.4. The van der Waals surface area contributed by atoms with Gasteiger partial charge in [-0.05, 0) is 38.1 Å². The maximum absolute atomic E-state index is 10.6. The monoisotopic (exact) mass is 245 g/mol. The van der Waals surface area contributed by atoms with Crippen LogP contribution in [0.1, 0.15) is 11.4 Å². The van der Waals surface area contributed by atoms with Crippen LogP contribution < -0.4 is 4.74 Å². The van der Waals surface area contributed by atoms with Gasteiger partial charge in [-0.15, -0.1) is 0 Å². The number of carboxylic acids is 1. The molecule has 4 nitrogen and oxygen atoms in total. The molecule has 0 aliphatic rings. The Morgan fingerprint density at radius 1 is 1.17 bits per heavy atom. The smallest absolute Gasteiger partial charge is 0.341 e. The third-order valence-electron chi connectivity index (χ3n) is 2.73. The first-order valence-electron chi connectivity index (χ1n) is 5.68. The van der Waals surface area contributed by atoms with E-state index < -0.39 is 5.97 Å². The molecule has 4 heteroatoms. The van der Waals surface area contributed by atoms with E-state index in [1.54, 1.807) is 6.07 Å². The molecule has 94 valence electrons. The van der Waals surface area contributed by atoms with Crippen LogP contribution in [-0.2, 0) is 4.79 Å². The fourth-order valence-corrected chi connectivity index (χ4v) is 1.95. The van der Waals surface area contributed by atoms with E-state index in [4.69, 9.17) is 9.84 Å². The number of aromatic nitrogens is 1. The van der Waals surface area contributed by atoms with E-state index in [-0.39, 0.29) is 6.61 Å². The summed E-state index contributed by atoms with van der Waals surface area (Å²) in [6, 6.07) is 11.5. The molecule has 0 atom stereocenters. The SMILES string of the molecule is Cc1ccc(C)n1-c1ccccc1OCC(=O)O. The van der Waals surface area contributed by atoms with Crippen molar-refractivity contribution in [1.29, 1.82) is 0 Å². The Morgan fingerprint density at radius 2 is 1.78 bits per heavy atom. The molecule has 18 heavy (non-hydrogen) atoms. The number of aliphatic carboxylic acids is 1. The van der Waals surface area contributed by atoms with Crippen molar-refractivity contribution in [2.75, 3.05) is 6.61 Å². The quantitative estimate of drug-likeness (QED) is 0.900. The van der Waals surface area contributed by atoms with E-state index in [2.05, 4.69) is 0 Å². The Bertz CT molecular complexity index is 553. The molecule has 0 bridgehead atoms. The van der Waals surface area contributed by atoms with Crippen molar-refractivity contribution in [1.82, 2.24) is 4.57 Å². The number of carbonyl (C=O) groups is 1. The second-order valence-electron chi connectivity index (χ2n) is 4.10. The van der Waals surface area contributed by atoms with Crippen molar-refractivity contribution in [3.8, 4) is 11.4 Å². The molecule has 2 rings (SSSR count). The molecule has 0 spiro atoms. The highest BCUT2D eigenvalue weighted by atomic mass is 16.5. The van der Waals surface area contributed by atoms with E-state index in [1.165, 1.54) is 0 Å². The fraction of sp³-hybridized carbons (Fsp3) is 0.214. The number of aryl methyl sites for hydroxylation is 2. The van der Waals surface area contributed by atoms with Crippen LogP contribution in [0.3, 0.4) is 0 Å². The van der Waals surface area contributed by atoms with Gasteiger partial charge in [0.05, 0.1) is 5.69 Å². The van der Waals surface area contributed by atoms with Crippen LogP contribution in [0, 0.1) is 13.8 Å². The summed E-state index contributed by atoms with van der Waals surface area (Å²) in [4.78, 5) is 10.6. The van der Waals surface area contributed by atoms with Crippen molar-refractivity contribution in [3.05, 3.63) is 47.8 Å². The molecule has 0 radical (unpaired) electrons. The summed E-state index contributed by atoms with van der Waals surface area (Å²) in [5.41, 5.74) is 3.02. The van der Waals surface area contributed by atoms with Crippen LogP contribution in [0.25, 0.3) is 5.69 Å². The molecule has 1 N–H and O–H groups in total. The molecule has 0 saturated heterocycles. The van der Waals surface area contributed by atoms with E-state index in [1.807, 2.05) is 48.7 Å². The first-order valence-corrected chi connectivity index (χ1v) is 5.68. The van der Waals surface area contributed by atoms with Crippen molar-refractivity contribution in [3.63, 3.8) is 0 Å². The molecule has 1 aromatic heterocycles. The summed E-state index contributed by atoms with van der Waals surface area (Å²) in [5.74, 6) is -0.409. The minimum Gasteiger partial charge on any atom is -0.480 e. The molecule has 0 aliphatic carbocycles. The molecule has 0 unspecified atom stereocenters. The minimum absolute atomic E-state index is 0.337. The molecule has 0 saturated carbocycles. The number of para-hydroxylation sites is 2. The Kier molecular flexibility index (Phi) is 3.37. The molecular weight excluding hydrogens is 230 g/mol. The molecule has 1 heterocycles. The predicted octanol–water partition coefficient (Wildman–Crippen LogP) is 2.56. The molecule has 0 aliphatic heterocycles. The van der Waals surface area contributed by atoms with Crippen molar-refractivity contribution < 1.29 is 14.6 Å². The van der Waals surface area contributed by atoms with E-state index in [9.17, 15) is 4.79 Å². The normalized spacial score (nSPS) is 10.3. The van der Waals surface area contributed by atoms with Crippen LogP contribution in [0.2, 0.25) is 0 Å². The second kappa shape index (κ2) is 4.96. The lowest BCUT2D eigenvalue weighted by Crippen LogP contribution is -2.11. The highest BCUT2D eigenvalue weighted by Gasteiger charge is 2.10. The maximum Gasteiger partial charge on any atom is 0.341 e. The van der Waals surface area contributed by atoms with Crippen molar-refractivity contribution >= 4 is 5.97 Å². The third-order valence-corrected chi connectivity index (χ3v) is 2.73. The van der Waals surface area contributed by atoms with Gasteiger partial charge in [-0.1, -0.05) is 12.1 Å². The Balaban J connectivity index is 2.42. The molecule has 0 amide bonds. The van der Waals surface area contributed by atoms with Crippen LogP contribution >= 0.6 is 0 Å². The van der Waals surface area contributed by atoms with Gasteiger partial charge in [-0.2, -0.15) is 0 Å². The van der Waals surface area contributed by atoms with E-state index in [0.29, 0.717) is 5.75 Å². The van der Waals surface area contributed by atoms with Gasteiger partial charge < -0.3 is 14.4 Å². The van der Waals surface area contributed by atoms with Gasteiger partial charge in [-0.25, -0.2) is 4.79 Å². The van der Waals surface area contributed by atoms with Gasteiger partial charge in [0.1, 0.15) is 5.75 Å². The van der Waals surface area contributed by atoms with Gasteiger partial charge in [0.2, 0.25) is 0 Å². The average molecular weight is 245 g/mol. The summed E-state index contributed by atoms with van der Waals surface area (Å²) < 4.78 is 7.35. The summed E-state index contributed by atoms with van der Waals surface area (Å²) in [7, 11) is 0. The number of hydrogen-bond donors (Lipinski definition) is 1. The van der Waals surface area contributed by atoms with Gasteiger partial charge >= 0.3 is 5.97 Å². The summed E-state index contributed by atoms with van der Waals surface area (Å²) >= 11 is 0. The Morgan fingerprint density at radius 3 is 2.39 bits per heavy atom. The standard InChI is InChI=1S/C14H15NO3/c1-10-7-8-11(2)15(10)12-5-3-4-6-13(12)18-9-14(16)17/h3-8H,9H2,1-2H3,(H,16,17). The largest absolute Gasteiger partial charge is 0.480 e. The summed E-state index contributed by atoms with van der Waals surface area (Å²) in [6.07, 6.45) is 0. The number of nitrogens with zero attached hydrogens (tertiary/aromatic N) is 1. The highest BCUT2D eigenvalue weighted by Crippen LogP contribution is 2.25. The maximum atomic E-state index is 10.6. The second-order valence-corrected chi connectivity index (χ2v) is 4.10. The fourth-order valence-electron chi connectivity index (χ4n) is 1.95. The number of carboxylic acid groups (broad SMARTS) is 1. The van der Waals surface area contributed by atoms with Crippen molar-refractivity contribution in [2.45, 2.75) is 13.8 Å². The van der Waals surface area contributed by atoms with Crippen LogP contribution in [0.5, 0.6) is 5.75 Å². The first kappa shape index (κ1) is 12.2. The van der Waals surface area contributed by atoms with Gasteiger partial charge in [0.15, 0.2) is 6.61 Å². The molecular formula is C14H15NO3. The highest BCUT2D eigenvalue weighted by molar-refractivity contribution is 5.68. The zero-order valence-electron chi connectivity index (χ0n) is 10.4. The summed E-state index contributed by atoms with van der Waals surface area (Å²) in [5, 5.41) is 8.67. The topological polar surface area (TPSA) is 51.5 Å². The number of ether oxygens (including phenoxy) is 1. The number of benzene rings is 1. The van der Waals surface area contributed by atoms with Crippen LogP contribution in [0.15, 0.2) is 36.4 Å². The number of hydrogen-bond acceptors (Lipinski definition) is 2. The average Bonchev–Trinajstić information content (AvgIpc) is 2.67. The van der Waals surface area contributed by atoms with Gasteiger partial charge in [0, 0.05) is 11.4 Å². The number of rotatable bonds is 4. The van der Waals surface area contributed by atoms with Gasteiger partial charge in [-0.3, -0.25) is 0 Å². The van der Waals surface area contributed by atoms with Crippen LogP contribution in [0.4, 0.5) is 0 Å². The van der Waals surface area contributed by atoms with E-state index in [0.717, 1.165) is 17.1 Å². The lowest BCUT2D eigenvalue weighted by Gasteiger charge is -2.14. The Hall–Kier alpha value is -2.23. The summed E-state index contributed by atoms with van der Waals surface area (Å²) in [6.45, 7) is 3.67. The lowest BCUT2D eigenvalue weighted by atomic mass is 10.2. The molecule has 1 aromatic carbocycles. The first-order chi connectivity index (χ1) is 8.59. The van der Waals surface area contributed by atoms with E-state index >= 15 is 0 Å². The van der Waals surface area contributed by atoms with Crippen LogP contribution in [-0.4, -0.2) is 22.2 Å². The molecule has 0 fully saturated rings. The lowest BCUT2D eigenvalue weighted by molar-refractivity contribution is -0.139.